The van der Waals surface area contributed by atoms with Crippen LogP contribution in [0.5, 0.6) is 17.2 Å². The van der Waals surface area contributed by atoms with Crippen LogP contribution >= 0.6 is 0 Å². The summed E-state index contributed by atoms with van der Waals surface area (Å²) in [6.07, 6.45) is 1.61. The first-order valence-corrected chi connectivity index (χ1v) is 9.95. The monoisotopic (exact) mass is 406 g/mol. The molecule has 0 saturated carbocycles. The van der Waals surface area contributed by atoms with Crippen LogP contribution in [-0.2, 0) is 6.61 Å². The molecule has 1 amide bonds. The zero-order chi connectivity index (χ0) is 21.3. The summed E-state index contributed by atoms with van der Waals surface area (Å²) in [6.45, 7) is 7.18. The minimum absolute atomic E-state index is 0.322. The van der Waals surface area contributed by atoms with Crippen LogP contribution in [0.2, 0.25) is 0 Å². The van der Waals surface area contributed by atoms with Gasteiger partial charge in [0.05, 0.1) is 13.2 Å². The summed E-state index contributed by atoms with van der Waals surface area (Å²) in [5.41, 5.74) is 2.63. The Morgan fingerprint density at radius 1 is 0.933 bits per heavy atom. The number of benzene rings is 2. The smallest absolute Gasteiger partial charge is 0.257 e. The molecular weight excluding hydrogens is 380 g/mol. The molecule has 2 aromatic carbocycles. The van der Waals surface area contributed by atoms with E-state index in [1.54, 1.807) is 36.5 Å². The molecule has 0 aliphatic carbocycles. The molecule has 3 aromatic rings. The topological polar surface area (TPSA) is 69.7 Å². The molecule has 1 aromatic heterocycles. The fourth-order valence-electron chi connectivity index (χ4n) is 2.91. The molecule has 0 unspecified atom stereocenters. The molecule has 0 radical (unpaired) electrons. The first-order chi connectivity index (χ1) is 14.6. The number of aromatic nitrogens is 1. The van der Waals surface area contributed by atoms with Crippen LogP contribution in [0.15, 0.2) is 60.8 Å². The fraction of sp³-hybridized carbons (Fsp3) is 0.250. The largest absolute Gasteiger partial charge is 0.494 e. The van der Waals surface area contributed by atoms with Crippen LogP contribution in [0.3, 0.4) is 0 Å². The van der Waals surface area contributed by atoms with Gasteiger partial charge in [-0.3, -0.25) is 4.79 Å². The summed E-state index contributed by atoms with van der Waals surface area (Å²) < 4.78 is 17.1. The third-order valence-electron chi connectivity index (χ3n) is 4.41. The Labute approximate surface area is 176 Å². The molecule has 30 heavy (non-hydrogen) atoms. The normalized spacial score (nSPS) is 10.4. The van der Waals surface area contributed by atoms with Crippen LogP contribution in [-0.4, -0.2) is 24.1 Å². The number of nitrogens with one attached hydrogen (secondary N) is 1. The van der Waals surface area contributed by atoms with Crippen LogP contribution in [0.4, 0.5) is 5.82 Å². The van der Waals surface area contributed by atoms with E-state index in [1.165, 1.54) is 0 Å². The van der Waals surface area contributed by atoms with Crippen molar-refractivity contribution in [2.24, 2.45) is 0 Å². The van der Waals surface area contributed by atoms with Gasteiger partial charge >= 0.3 is 0 Å². The lowest BCUT2D eigenvalue weighted by Crippen LogP contribution is -2.14. The quantitative estimate of drug-likeness (QED) is 0.540. The van der Waals surface area contributed by atoms with Gasteiger partial charge in [0.15, 0.2) is 11.6 Å². The van der Waals surface area contributed by atoms with E-state index in [0.717, 1.165) is 11.1 Å². The molecule has 0 spiro atoms. The van der Waals surface area contributed by atoms with Gasteiger partial charge in [-0.1, -0.05) is 24.3 Å². The average Bonchev–Trinajstić information content (AvgIpc) is 2.74. The van der Waals surface area contributed by atoms with Crippen molar-refractivity contribution in [1.29, 1.82) is 0 Å². The summed E-state index contributed by atoms with van der Waals surface area (Å²) in [5, 5.41) is 2.83. The van der Waals surface area contributed by atoms with Crippen molar-refractivity contribution in [2.75, 3.05) is 18.5 Å². The predicted molar refractivity (Wildman–Crippen MR) is 116 cm³/mol. The molecule has 6 heteroatoms. The van der Waals surface area contributed by atoms with Gasteiger partial charge in [0.2, 0.25) is 0 Å². The third kappa shape index (κ3) is 5.50. The number of rotatable bonds is 9. The van der Waals surface area contributed by atoms with Crippen LogP contribution < -0.4 is 19.5 Å². The second-order valence-corrected chi connectivity index (χ2v) is 6.58. The van der Waals surface area contributed by atoms with Crippen LogP contribution in [0.25, 0.3) is 0 Å². The van der Waals surface area contributed by atoms with Gasteiger partial charge in [0.25, 0.3) is 5.91 Å². The van der Waals surface area contributed by atoms with Crippen molar-refractivity contribution in [1.82, 2.24) is 4.98 Å². The van der Waals surface area contributed by atoms with E-state index in [-0.39, 0.29) is 5.91 Å². The number of ether oxygens (including phenoxy) is 3. The molecule has 0 aliphatic rings. The van der Waals surface area contributed by atoms with Crippen molar-refractivity contribution < 1.29 is 19.0 Å². The molecule has 0 saturated heterocycles. The number of anilines is 1. The number of carbonyl (C=O) groups is 1. The second-order valence-electron chi connectivity index (χ2n) is 6.58. The van der Waals surface area contributed by atoms with Crippen molar-refractivity contribution in [2.45, 2.75) is 27.4 Å². The number of nitrogens with zero attached hydrogens (tertiary/aromatic N) is 1. The molecule has 156 valence electrons. The zero-order valence-electron chi connectivity index (χ0n) is 17.5. The maximum absolute atomic E-state index is 12.9. The third-order valence-corrected chi connectivity index (χ3v) is 4.41. The lowest BCUT2D eigenvalue weighted by atomic mass is 10.1. The Morgan fingerprint density at radius 2 is 1.63 bits per heavy atom. The number of pyridine rings is 1. The number of hydrogen-bond donors (Lipinski definition) is 1. The molecule has 3 rings (SSSR count). The molecule has 0 aliphatic heterocycles. The van der Waals surface area contributed by atoms with E-state index in [4.69, 9.17) is 14.2 Å². The zero-order valence-corrected chi connectivity index (χ0v) is 17.5. The Hall–Kier alpha value is -3.54. The van der Waals surface area contributed by atoms with Gasteiger partial charge in [0.1, 0.15) is 18.1 Å². The van der Waals surface area contributed by atoms with Gasteiger partial charge in [0, 0.05) is 17.8 Å². The standard InChI is InChI=1S/C24H26N2O4/c1-4-28-20-13-19(14-21(15-20)29-5-2)24(27)26-23-22(11-8-12-25-23)30-16-18-10-7-6-9-17(18)3/h6-15H,4-5,16H2,1-3H3,(H,25,26,27). The van der Waals surface area contributed by atoms with E-state index in [2.05, 4.69) is 10.3 Å². The Kier molecular flexibility index (Phi) is 7.27. The lowest BCUT2D eigenvalue weighted by Gasteiger charge is -2.14. The minimum atomic E-state index is -0.322. The van der Waals surface area contributed by atoms with Crippen LogP contribution in [0, 0.1) is 6.92 Å². The number of hydrogen-bond acceptors (Lipinski definition) is 5. The number of amides is 1. The highest BCUT2D eigenvalue weighted by Gasteiger charge is 2.14. The lowest BCUT2D eigenvalue weighted by molar-refractivity contribution is 0.102. The van der Waals surface area contributed by atoms with E-state index < -0.39 is 0 Å². The number of aryl methyl sites for hydroxylation is 1. The Balaban J connectivity index is 1.78. The molecule has 1 N–H and O–H groups in total. The van der Waals surface area contributed by atoms with Crippen molar-refractivity contribution in [3.05, 3.63) is 77.5 Å². The van der Waals surface area contributed by atoms with E-state index in [9.17, 15) is 4.79 Å². The maximum Gasteiger partial charge on any atom is 0.257 e. The van der Waals surface area contributed by atoms with E-state index >= 15 is 0 Å². The minimum Gasteiger partial charge on any atom is -0.494 e. The maximum atomic E-state index is 12.9. The number of carbonyl (C=O) groups excluding carboxylic acids is 1. The summed E-state index contributed by atoms with van der Waals surface area (Å²) in [6, 6.07) is 16.7. The fourth-order valence-corrected chi connectivity index (χ4v) is 2.91. The van der Waals surface area contributed by atoms with Crippen molar-refractivity contribution >= 4 is 11.7 Å². The van der Waals surface area contributed by atoms with Crippen molar-refractivity contribution in [3.63, 3.8) is 0 Å². The molecule has 1 heterocycles. The van der Waals surface area contributed by atoms with Gasteiger partial charge < -0.3 is 19.5 Å². The average molecular weight is 406 g/mol. The van der Waals surface area contributed by atoms with Crippen LogP contribution in [0.1, 0.15) is 35.3 Å². The highest BCUT2D eigenvalue weighted by atomic mass is 16.5. The summed E-state index contributed by atoms with van der Waals surface area (Å²) >= 11 is 0. The first kappa shape index (κ1) is 21.2. The SMILES string of the molecule is CCOc1cc(OCC)cc(C(=O)Nc2ncccc2OCc2ccccc2C)c1. The molecule has 0 bridgehead atoms. The molecule has 6 nitrogen and oxygen atoms in total. The van der Waals surface area contributed by atoms with Gasteiger partial charge in [-0.05, 0) is 56.2 Å². The van der Waals surface area contributed by atoms with E-state index in [0.29, 0.717) is 48.5 Å². The first-order valence-electron chi connectivity index (χ1n) is 9.95. The molecule has 0 fully saturated rings. The second kappa shape index (κ2) is 10.3. The summed E-state index contributed by atoms with van der Waals surface area (Å²) in [4.78, 5) is 17.2. The highest BCUT2D eigenvalue weighted by molar-refractivity contribution is 6.05. The Bertz CT molecular complexity index is 980. The molecule has 0 atom stereocenters. The van der Waals surface area contributed by atoms with Gasteiger partial charge in [-0.2, -0.15) is 0 Å². The molecular formula is C24H26N2O4. The van der Waals surface area contributed by atoms with Crippen molar-refractivity contribution in [3.8, 4) is 17.2 Å². The van der Waals surface area contributed by atoms with Gasteiger partial charge in [-0.25, -0.2) is 4.98 Å². The van der Waals surface area contributed by atoms with E-state index in [1.807, 2.05) is 45.0 Å². The predicted octanol–water partition coefficient (Wildman–Crippen LogP) is 5.02. The van der Waals surface area contributed by atoms with Gasteiger partial charge in [-0.15, -0.1) is 0 Å². The Morgan fingerprint density at radius 3 is 2.30 bits per heavy atom. The summed E-state index contributed by atoms with van der Waals surface area (Å²) in [7, 11) is 0. The summed E-state index contributed by atoms with van der Waals surface area (Å²) in [5.74, 6) is 1.68. The highest BCUT2D eigenvalue weighted by Crippen LogP contribution is 2.26.